The second-order valence-corrected chi connectivity index (χ2v) is 13.8. The zero-order chi connectivity index (χ0) is 27.6. The molecule has 202 valence electrons. The number of amides is 1. The van der Waals surface area contributed by atoms with E-state index >= 15 is 0 Å². The van der Waals surface area contributed by atoms with Crippen LogP contribution in [0.4, 0.5) is 5.69 Å². The Labute approximate surface area is 221 Å². The molecule has 2 aromatic rings. The van der Waals surface area contributed by atoms with E-state index in [1.165, 1.54) is 10.4 Å². The highest BCUT2D eigenvalue weighted by Crippen LogP contribution is 2.31. The summed E-state index contributed by atoms with van der Waals surface area (Å²) in [4.78, 5) is 25.7. The van der Waals surface area contributed by atoms with Crippen LogP contribution in [-0.4, -0.2) is 44.3 Å². The summed E-state index contributed by atoms with van der Waals surface area (Å²) in [5.74, 6) is -1.12. The quantitative estimate of drug-likeness (QED) is 0.496. The Balaban J connectivity index is 1.72. The van der Waals surface area contributed by atoms with Gasteiger partial charge in [0.1, 0.15) is 0 Å². The predicted molar refractivity (Wildman–Crippen MR) is 147 cm³/mol. The molecule has 0 saturated carbocycles. The van der Waals surface area contributed by atoms with Crippen molar-refractivity contribution in [3.8, 4) is 0 Å². The van der Waals surface area contributed by atoms with E-state index in [1.54, 1.807) is 19.1 Å². The van der Waals surface area contributed by atoms with Gasteiger partial charge in [0.25, 0.3) is 5.91 Å². The molecule has 0 atom stereocenters. The van der Waals surface area contributed by atoms with Crippen LogP contribution in [0.5, 0.6) is 0 Å². The van der Waals surface area contributed by atoms with Gasteiger partial charge in [-0.25, -0.2) is 13.2 Å². The summed E-state index contributed by atoms with van der Waals surface area (Å²) in [6, 6.07) is 10.5. The number of carbonyl (C=O) groups excluding carboxylic acids is 2. The van der Waals surface area contributed by atoms with Crippen molar-refractivity contribution in [2.45, 2.75) is 83.5 Å². The van der Waals surface area contributed by atoms with Gasteiger partial charge in [-0.2, -0.15) is 4.31 Å². The number of rotatable bonds is 6. The first-order valence-electron chi connectivity index (χ1n) is 12.8. The van der Waals surface area contributed by atoms with Gasteiger partial charge in [-0.3, -0.25) is 4.79 Å². The van der Waals surface area contributed by atoms with Crippen molar-refractivity contribution >= 4 is 27.6 Å². The number of aryl methyl sites for hydroxylation is 1. The lowest BCUT2D eigenvalue weighted by Gasteiger charge is -2.26. The fourth-order valence-electron chi connectivity index (χ4n) is 4.22. The maximum atomic E-state index is 13.2. The Morgan fingerprint density at radius 1 is 0.892 bits per heavy atom. The Morgan fingerprint density at radius 3 is 2.00 bits per heavy atom. The number of piperidine rings is 1. The van der Waals surface area contributed by atoms with Gasteiger partial charge >= 0.3 is 5.97 Å². The lowest BCUT2D eigenvalue weighted by Crippen LogP contribution is -2.36. The van der Waals surface area contributed by atoms with Crippen LogP contribution in [0.3, 0.4) is 0 Å². The molecule has 0 spiro atoms. The van der Waals surface area contributed by atoms with E-state index in [9.17, 15) is 18.0 Å². The van der Waals surface area contributed by atoms with Crippen LogP contribution in [0.25, 0.3) is 0 Å². The van der Waals surface area contributed by atoms with Gasteiger partial charge in [0.2, 0.25) is 10.0 Å². The number of nitrogens with one attached hydrogen (secondary N) is 1. The zero-order valence-corrected chi connectivity index (χ0v) is 23.9. The van der Waals surface area contributed by atoms with Crippen LogP contribution >= 0.6 is 0 Å². The molecule has 1 amide bonds. The lowest BCUT2D eigenvalue weighted by molar-refractivity contribution is -0.119. The standard InChI is InChI=1S/C29H40N2O5S/c1-20-11-12-24(18-25(20)37(34,35)31-13-9-8-10-14-31)30-26(32)19-36-27(33)21-15-22(28(2,3)4)17-23(16-21)29(5,6)7/h11-12,15-18H,8-10,13-14,19H2,1-7H3,(H,30,32). The van der Waals surface area contributed by atoms with E-state index < -0.39 is 28.5 Å². The van der Waals surface area contributed by atoms with Gasteiger partial charge in [0.15, 0.2) is 6.61 Å². The van der Waals surface area contributed by atoms with Crippen LogP contribution in [0.1, 0.15) is 87.9 Å². The normalized spacial score (nSPS) is 15.3. The summed E-state index contributed by atoms with van der Waals surface area (Å²) in [6.45, 7) is 14.8. The van der Waals surface area contributed by atoms with E-state index in [1.807, 2.05) is 12.1 Å². The minimum Gasteiger partial charge on any atom is -0.452 e. The van der Waals surface area contributed by atoms with Gasteiger partial charge in [0, 0.05) is 18.8 Å². The van der Waals surface area contributed by atoms with Gasteiger partial charge in [-0.1, -0.05) is 60.1 Å². The van der Waals surface area contributed by atoms with Crippen LogP contribution < -0.4 is 5.32 Å². The summed E-state index contributed by atoms with van der Waals surface area (Å²) in [6.07, 6.45) is 2.71. The number of esters is 1. The van der Waals surface area contributed by atoms with Crippen molar-refractivity contribution < 1.29 is 22.7 Å². The fraction of sp³-hybridized carbons (Fsp3) is 0.517. The number of hydrogen-bond donors (Lipinski definition) is 1. The molecular weight excluding hydrogens is 488 g/mol. The molecule has 0 bridgehead atoms. The Morgan fingerprint density at radius 2 is 1.46 bits per heavy atom. The summed E-state index contributed by atoms with van der Waals surface area (Å²) < 4.78 is 33.2. The summed E-state index contributed by atoms with van der Waals surface area (Å²) in [5.41, 5.74) is 3.05. The predicted octanol–water partition coefficient (Wildman–Crippen LogP) is 5.56. The maximum Gasteiger partial charge on any atom is 0.338 e. The zero-order valence-electron chi connectivity index (χ0n) is 23.1. The van der Waals surface area contributed by atoms with Crippen molar-refractivity contribution in [1.29, 1.82) is 0 Å². The molecule has 1 saturated heterocycles. The Bertz CT molecular complexity index is 1230. The second-order valence-electron chi connectivity index (χ2n) is 11.9. The molecule has 2 aromatic carbocycles. The monoisotopic (exact) mass is 528 g/mol. The number of benzene rings is 2. The first kappa shape index (κ1) is 28.9. The largest absolute Gasteiger partial charge is 0.452 e. The molecule has 0 unspecified atom stereocenters. The first-order valence-corrected chi connectivity index (χ1v) is 14.3. The van der Waals surface area contributed by atoms with E-state index in [0.717, 1.165) is 30.4 Å². The highest BCUT2D eigenvalue weighted by atomic mass is 32.2. The summed E-state index contributed by atoms with van der Waals surface area (Å²) in [5, 5.41) is 2.66. The number of hydrogen-bond acceptors (Lipinski definition) is 5. The van der Waals surface area contributed by atoms with Gasteiger partial charge in [-0.15, -0.1) is 0 Å². The molecule has 1 fully saturated rings. The topological polar surface area (TPSA) is 92.8 Å². The lowest BCUT2D eigenvalue weighted by atomic mass is 9.79. The third-order valence-corrected chi connectivity index (χ3v) is 8.68. The van der Waals surface area contributed by atoms with Crippen LogP contribution in [0, 0.1) is 6.92 Å². The SMILES string of the molecule is Cc1ccc(NC(=O)COC(=O)c2cc(C(C)(C)C)cc(C(C)(C)C)c2)cc1S(=O)(=O)N1CCCCC1. The Kier molecular flexibility index (Phi) is 8.54. The van der Waals surface area contributed by atoms with E-state index in [-0.39, 0.29) is 15.7 Å². The number of ether oxygens (including phenoxy) is 1. The second kappa shape index (κ2) is 11.0. The van der Waals surface area contributed by atoms with Crippen molar-refractivity contribution in [3.63, 3.8) is 0 Å². The first-order chi connectivity index (χ1) is 17.1. The molecular formula is C29H40N2O5S. The molecule has 3 rings (SSSR count). The average Bonchev–Trinajstić information content (AvgIpc) is 2.82. The molecule has 1 heterocycles. The molecule has 1 N–H and O–H groups in total. The minimum atomic E-state index is -3.65. The Hall–Kier alpha value is -2.71. The molecule has 0 aliphatic carbocycles. The van der Waals surface area contributed by atoms with Gasteiger partial charge in [0.05, 0.1) is 10.5 Å². The van der Waals surface area contributed by atoms with Crippen LogP contribution in [0.15, 0.2) is 41.3 Å². The number of sulfonamides is 1. The third-order valence-electron chi connectivity index (χ3n) is 6.64. The number of carbonyl (C=O) groups is 2. The van der Waals surface area contributed by atoms with E-state index in [0.29, 0.717) is 29.9 Å². The highest BCUT2D eigenvalue weighted by molar-refractivity contribution is 7.89. The smallest absolute Gasteiger partial charge is 0.338 e. The van der Waals surface area contributed by atoms with Crippen molar-refractivity contribution in [2.24, 2.45) is 0 Å². The van der Waals surface area contributed by atoms with Crippen LogP contribution in [0.2, 0.25) is 0 Å². The maximum absolute atomic E-state index is 13.2. The van der Waals surface area contributed by atoms with E-state index in [2.05, 4.69) is 52.9 Å². The number of nitrogens with zero attached hydrogens (tertiary/aromatic N) is 1. The molecule has 8 heteroatoms. The van der Waals surface area contributed by atoms with Crippen molar-refractivity contribution in [1.82, 2.24) is 4.31 Å². The molecule has 37 heavy (non-hydrogen) atoms. The average molecular weight is 529 g/mol. The highest BCUT2D eigenvalue weighted by Gasteiger charge is 2.28. The van der Waals surface area contributed by atoms with Crippen LogP contribution in [-0.2, 0) is 30.4 Å². The fourth-order valence-corrected chi connectivity index (χ4v) is 5.99. The molecule has 0 radical (unpaired) electrons. The third kappa shape index (κ3) is 7.20. The minimum absolute atomic E-state index is 0.161. The molecule has 7 nitrogen and oxygen atoms in total. The van der Waals surface area contributed by atoms with Gasteiger partial charge < -0.3 is 10.1 Å². The van der Waals surface area contributed by atoms with Crippen molar-refractivity contribution in [3.05, 3.63) is 58.7 Å². The molecule has 1 aliphatic rings. The number of anilines is 1. The molecule has 1 aliphatic heterocycles. The van der Waals surface area contributed by atoms with E-state index in [4.69, 9.17) is 4.74 Å². The molecule has 0 aromatic heterocycles. The summed E-state index contributed by atoms with van der Waals surface area (Å²) in [7, 11) is -3.65. The summed E-state index contributed by atoms with van der Waals surface area (Å²) >= 11 is 0. The van der Waals surface area contributed by atoms with Gasteiger partial charge in [-0.05, 0) is 71.6 Å². The van der Waals surface area contributed by atoms with Crippen molar-refractivity contribution in [2.75, 3.05) is 25.0 Å².